The first-order valence-electron chi connectivity index (χ1n) is 6.07. The first-order valence-corrected chi connectivity index (χ1v) is 6.86. The molecular formula is C14H20BrN3. The number of nitrogens with zero attached hydrogens (tertiary/aromatic N) is 2. The van der Waals surface area contributed by atoms with Crippen molar-refractivity contribution in [2.45, 2.75) is 19.9 Å². The summed E-state index contributed by atoms with van der Waals surface area (Å²) in [6.07, 6.45) is 0. The van der Waals surface area contributed by atoms with Gasteiger partial charge in [-0.25, -0.2) is 0 Å². The van der Waals surface area contributed by atoms with Gasteiger partial charge in [-0.15, -0.1) is 0 Å². The number of hydrogen-bond donors (Lipinski definition) is 1. The predicted octanol–water partition coefficient (Wildman–Crippen LogP) is 3.33. The minimum absolute atomic E-state index is 0.0244. The van der Waals surface area contributed by atoms with Gasteiger partial charge in [-0.1, -0.05) is 15.9 Å². The zero-order chi connectivity index (χ0) is 13.7. The van der Waals surface area contributed by atoms with Gasteiger partial charge in [0.15, 0.2) is 0 Å². The Morgan fingerprint density at radius 2 is 2.11 bits per heavy atom. The molecule has 0 spiro atoms. The first kappa shape index (κ1) is 15.0. The molecule has 0 radical (unpaired) electrons. The first-order chi connectivity index (χ1) is 8.49. The Kier molecular flexibility index (Phi) is 5.64. The largest absolute Gasteiger partial charge is 0.373 e. The summed E-state index contributed by atoms with van der Waals surface area (Å²) in [5.74, 6) is 0.0244. The van der Waals surface area contributed by atoms with E-state index in [1.165, 1.54) is 11.3 Å². The summed E-state index contributed by atoms with van der Waals surface area (Å²) in [7, 11) is 3.98. The van der Waals surface area contributed by atoms with Crippen LogP contribution in [0.4, 0.5) is 5.69 Å². The van der Waals surface area contributed by atoms with Crippen LogP contribution >= 0.6 is 15.9 Å². The van der Waals surface area contributed by atoms with Gasteiger partial charge in [0.1, 0.15) is 0 Å². The van der Waals surface area contributed by atoms with Gasteiger partial charge in [-0.3, -0.25) is 0 Å². The van der Waals surface area contributed by atoms with Gasteiger partial charge in [0.05, 0.1) is 12.0 Å². The van der Waals surface area contributed by atoms with Gasteiger partial charge < -0.3 is 10.2 Å². The van der Waals surface area contributed by atoms with E-state index >= 15 is 0 Å². The molecule has 0 bridgehead atoms. The van der Waals surface area contributed by atoms with E-state index in [2.05, 4.69) is 51.3 Å². The van der Waals surface area contributed by atoms with Crippen LogP contribution < -0.4 is 10.2 Å². The molecule has 4 heteroatoms. The highest BCUT2D eigenvalue weighted by molar-refractivity contribution is 9.10. The predicted molar refractivity (Wildman–Crippen MR) is 79.7 cm³/mol. The van der Waals surface area contributed by atoms with Crippen LogP contribution in [0.3, 0.4) is 0 Å². The van der Waals surface area contributed by atoms with Crippen molar-refractivity contribution in [3.8, 4) is 6.07 Å². The standard InChI is InChI=1S/C14H20BrN3/c1-10(8-16)9-18(4)14-6-5-12(15)7-13(14)11(2)17-3/h5-7,10-11,17H,9H2,1-4H3. The third-order valence-electron chi connectivity index (χ3n) is 3.07. The highest BCUT2D eigenvalue weighted by Crippen LogP contribution is 2.29. The Hall–Kier alpha value is -1.05. The molecule has 0 saturated carbocycles. The minimum atomic E-state index is 0.0244. The summed E-state index contributed by atoms with van der Waals surface area (Å²) in [6, 6.07) is 8.81. The Bertz CT molecular complexity index is 439. The SMILES string of the molecule is CNC(C)c1cc(Br)ccc1N(C)CC(C)C#N. The summed E-state index contributed by atoms with van der Waals surface area (Å²) >= 11 is 3.51. The summed E-state index contributed by atoms with van der Waals surface area (Å²) in [5, 5.41) is 12.2. The van der Waals surface area contributed by atoms with Crippen LogP contribution in [0.5, 0.6) is 0 Å². The zero-order valence-corrected chi connectivity index (χ0v) is 13.0. The van der Waals surface area contributed by atoms with Gasteiger partial charge in [0, 0.05) is 29.8 Å². The molecule has 18 heavy (non-hydrogen) atoms. The summed E-state index contributed by atoms with van der Waals surface area (Å²) in [5.41, 5.74) is 2.40. The van der Waals surface area contributed by atoms with Crippen molar-refractivity contribution in [2.75, 3.05) is 25.5 Å². The van der Waals surface area contributed by atoms with Gasteiger partial charge in [-0.05, 0) is 44.7 Å². The maximum atomic E-state index is 8.90. The summed E-state index contributed by atoms with van der Waals surface area (Å²) in [6.45, 7) is 4.81. The third kappa shape index (κ3) is 3.72. The molecule has 0 aliphatic rings. The zero-order valence-electron chi connectivity index (χ0n) is 11.4. The van der Waals surface area contributed by atoms with Crippen LogP contribution in [0.2, 0.25) is 0 Å². The van der Waals surface area contributed by atoms with Crippen molar-refractivity contribution < 1.29 is 0 Å². The number of rotatable bonds is 5. The molecule has 0 fully saturated rings. The average Bonchev–Trinajstić information content (AvgIpc) is 2.37. The lowest BCUT2D eigenvalue weighted by Crippen LogP contribution is -2.26. The molecule has 0 heterocycles. The van der Waals surface area contributed by atoms with Gasteiger partial charge in [0.2, 0.25) is 0 Å². The average molecular weight is 310 g/mol. The number of anilines is 1. The van der Waals surface area contributed by atoms with E-state index in [1.54, 1.807) is 0 Å². The number of halogens is 1. The second-order valence-corrected chi connectivity index (χ2v) is 5.54. The van der Waals surface area contributed by atoms with Crippen molar-refractivity contribution in [1.29, 1.82) is 5.26 Å². The lowest BCUT2D eigenvalue weighted by molar-refractivity contribution is 0.644. The Morgan fingerprint density at radius 3 is 2.67 bits per heavy atom. The Morgan fingerprint density at radius 1 is 1.44 bits per heavy atom. The molecule has 2 atom stereocenters. The highest BCUT2D eigenvalue weighted by atomic mass is 79.9. The normalized spacial score (nSPS) is 13.8. The number of nitrogens with one attached hydrogen (secondary N) is 1. The van der Waals surface area contributed by atoms with E-state index in [-0.39, 0.29) is 12.0 Å². The van der Waals surface area contributed by atoms with Gasteiger partial charge >= 0.3 is 0 Å². The molecule has 1 rings (SSSR count). The van der Waals surface area contributed by atoms with Gasteiger partial charge in [0.25, 0.3) is 0 Å². The summed E-state index contributed by atoms with van der Waals surface area (Å²) in [4.78, 5) is 2.14. The lowest BCUT2D eigenvalue weighted by Gasteiger charge is -2.26. The third-order valence-corrected chi connectivity index (χ3v) is 3.56. The van der Waals surface area contributed by atoms with Crippen molar-refractivity contribution in [1.82, 2.24) is 5.32 Å². The lowest BCUT2D eigenvalue weighted by atomic mass is 10.0. The molecule has 1 aromatic carbocycles. The van der Waals surface area contributed by atoms with Crippen LogP contribution in [-0.2, 0) is 0 Å². The highest BCUT2D eigenvalue weighted by Gasteiger charge is 2.14. The van der Waals surface area contributed by atoms with E-state index in [4.69, 9.17) is 5.26 Å². The van der Waals surface area contributed by atoms with Gasteiger partial charge in [-0.2, -0.15) is 5.26 Å². The second-order valence-electron chi connectivity index (χ2n) is 4.62. The van der Waals surface area contributed by atoms with E-state index in [0.717, 1.165) is 11.0 Å². The molecule has 2 unspecified atom stereocenters. The van der Waals surface area contributed by atoms with Crippen LogP contribution in [-0.4, -0.2) is 20.6 Å². The van der Waals surface area contributed by atoms with Crippen molar-refractivity contribution in [3.05, 3.63) is 28.2 Å². The quantitative estimate of drug-likeness (QED) is 0.907. The molecular weight excluding hydrogens is 290 g/mol. The molecule has 0 aliphatic carbocycles. The smallest absolute Gasteiger partial charge is 0.0671 e. The number of hydrogen-bond acceptors (Lipinski definition) is 3. The van der Waals surface area contributed by atoms with Crippen molar-refractivity contribution in [3.63, 3.8) is 0 Å². The molecule has 0 aromatic heterocycles. The van der Waals surface area contributed by atoms with Crippen molar-refractivity contribution in [2.24, 2.45) is 5.92 Å². The fourth-order valence-electron chi connectivity index (χ4n) is 1.93. The van der Waals surface area contributed by atoms with Crippen LogP contribution in [0.15, 0.2) is 22.7 Å². The Balaban J connectivity index is 3.04. The minimum Gasteiger partial charge on any atom is -0.373 e. The number of benzene rings is 1. The molecule has 1 N–H and O–H groups in total. The fourth-order valence-corrected chi connectivity index (χ4v) is 2.30. The van der Waals surface area contributed by atoms with E-state index in [9.17, 15) is 0 Å². The molecule has 1 aromatic rings. The fraction of sp³-hybridized carbons (Fsp3) is 0.500. The molecule has 98 valence electrons. The van der Waals surface area contributed by atoms with E-state index in [1.807, 2.05) is 27.1 Å². The van der Waals surface area contributed by atoms with Crippen LogP contribution in [0.1, 0.15) is 25.5 Å². The molecule has 0 aliphatic heterocycles. The summed E-state index contributed by atoms with van der Waals surface area (Å²) < 4.78 is 1.07. The maximum Gasteiger partial charge on any atom is 0.0671 e. The van der Waals surface area contributed by atoms with Crippen molar-refractivity contribution >= 4 is 21.6 Å². The number of nitriles is 1. The second kappa shape index (κ2) is 6.77. The van der Waals surface area contributed by atoms with E-state index in [0.29, 0.717) is 0 Å². The van der Waals surface area contributed by atoms with Crippen LogP contribution in [0, 0.1) is 17.2 Å². The monoisotopic (exact) mass is 309 g/mol. The maximum absolute atomic E-state index is 8.90. The topological polar surface area (TPSA) is 39.1 Å². The molecule has 0 saturated heterocycles. The van der Waals surface area contributed by atoms with Crippen LogP contribution in [0.25, 0.3) is 0 Å². The van der Waals surface area contributed by atoms with E-state index < -0.39 is 0 Å². The molecule has 3 nitrogen and oxygen atoms in total. The Labute approximate surface area is 118 Å². The molecule has 0 amide bonds.